The minimum Gasteiger partial charge on any atom is -1.00 e. The van der Waals surface area contributed by atoms with E-state index in [0.29, 0.717) is 12.3 Å². The van der Waals surface area contributed by atoms with Gasteiger partial charge < -0.3 is 33.7 Å². The number of unbranched alkanes of at least 4 members (excludes halogenated alkanes) is 1. The van der Waals surface area contributed by atoms with E-state index in [0.717, 1.165) is 44.8 Å². The van der Waals surface area contributed by atoms with E-state index in [1.807, 2.05) is 0 Å². The first-order valence-corrected chi connectivity index (χ1v) is 13.4. The molecule has 0 saturated carbocycles. The van der Waals surface area contributed by atoms with Crippen LogP contribution in [0.4, 0.5) is 0 Å². The molecular formula is C27H56BrIMgO2. The number of terminal acetylenes is 1. The van der Waals surface area contributed by atoms with Gasteiger partial charge in [-0.2, -0.15) is 6.92 Å². The first-order valence-electron chi connectivity index (χ1n) is 13.9. The van der Waals surface area contributed by atoms with Gasteiger partial charge in [0.25, 0.3) is 0 Å². The summed E-state index contributed by atoms with van der Waals surface area (Å²) in [6, 6.07) is 0. The predicted octanol–water partition coefficient (Wildman–Crippen LogP) is 5.51. The van der Waals surface area contributed by atoms with Crippen molar-refractivity contribution >= 4 is 45.6 Å². The van der Waals surface area contributed by atoms with Crippen molar-refractivity contribution in [1.29, 1.82) is 0 Å². The molecule has 1 rings (SSSR count). The van der Waals surface area contributed by atoms with Crippen LogP contribution in [0.1, 0.15) is 124 Å². The van der Waals surface area contributed by atoms with Crippen molar-refractivity contribution in [3.05, 3.63) is 6.88 Å². The molecule has 0 aromatic heterocycles. The second-order valence-electron chi connectivity index (χ2n) is 7.35. The van der Waals surface area contributed by atoms with Crippen LogP contribution in [0.15, 0.2) is 0 Å². The second kappa shape index (κ2) is 49.6. The Hall–Kier alpha value is 1.46. The molecule has 32 heavy (non-hydrogen) atoms. The zero-order valence-corrected chi connectivity index (χ0v) is 27.1. The molecule has 0 aromatic rings. The minimum atomic E-state index is -1.06. The molecule has 1 N–H and O–H groups in total. The number of aliphatic hydroxyl groups excluding tert-OH is 1. The van der Waals surface area contributed by atoms with Crippen LogP contribution in [0.2, 0.25) is 0 Å². The molecule has 0 unspecified atom stereocenters. The second-order valence-corrected chi connectivity index (χ2v) is 8.23. The van der Waals surface area contributed by atoms with Gasteiger partial charge in [0, 0.05) is 27.0 Å². The maximum absolute atomic E-state index is 8.69. The van der Waals surface area contributed by atoms with Gasteiger partial charge in [0.05, 0.1) is 0 Å². The van der Waals surface area contributed by atoms with Gasteiger partial charge in [-0.3, -0.25) is 0 Å². The van der Waals surface area contributed by atoms with Crippen LogP contribution in [-0.4, -0.2) is 52.4 Å². The fourth-order valence-electron chi connectivity index (χ4n) is 3.14. The molecule has 0 bridgehead atoms. The molecule has 1 fully saturated rings. The zero-order valence-electron chi connectivity index (χ0n) is 25.9. The summed E-state index contributed by atoms with van der Waals surface area (Å²) >= 11 is 2.51. The monoisotopic (exact) mass is 646 g/mol. The number of alkyl halides is 1. The maximum atomic E-state index is 8.69. The van der Waals surface area contributed by atoms with Crippen LogP contribution in [0.25, 0.3) is 0 Å². The largest absolute Gasteiger partial charge is 2.00 e. The summed E-state index contributed by atoms with van der Waals surface area (Å²) in [7, 11) is 0. The van der Waals surface area contributed by atoms with E-state index in [-0.39, 0.29) is 53.5 Å². The van der Waals surface area contributed by atoms with E-state index >= 15 is 0 Å². The third-order valence-corrected chi connectivity index (χ3v) is 5.91. The van der Waals surface area contributed by atoms with Gasteiger partial charge in [-0.25, -0.2) is 2.74 Å². The van der Waals surface area contributed by atoms with Gasteiger partial charge in [0.2, 0.25) is 0 Å². The number of aliphatic hydroxyl groups is 1. The van der Waals surface area contributed by atoms with E-state index in [4.69, 9.17) is 15.3 Å². The number of hydrogen-bond acceptors (Lipinski definition) is 2. The topological polar surface area (TPSA) is 29.5 Å². The molecule has 0 aromatic carbocycles. The Kier molecular flexibility index (Phi) is 55.2. The molecular weight excluding hydrogens is 587 g/mol. The van der Waals surface area contributed by atoms with Crippen molar-refractivity contribution in [2.45, 2.75) is 118 Å². The molecule has 1 heterocycles. The molecule has 1 saturated heterocycles. The summed E-state index contributed by atoms with van der Waals surface area (Å²) in [6.45, 7) is 11.9. The molecule has 2 nitrogen and oxygen atoms in total. The fraction of sp³-hybridized carbons (Fsp3) is 0.889. The number of hydrogen-bond donors (Lipinski definition) is 1. The Morgan fingerprint density at radius 1 is 0.938 bits per heavy atom. The molecule has 2 atom stereocenters. The quantitative estimate of drug-likeness (QED) is 0.0940. The minimum absolute atomic E-state index is 0. The van der Waals surface area contributed by atoms with Gasteiger partial charge in [0.15, 0.2) is 0 Å². The van der Waals surface area contributed by atoms with Crippen molar-refractivity contribution in [1.82, 2.24) is 0 Å². The Morgan fingerprint density at radius 3 is 1.72 bits per heavy atom. The van der Waals surface area contributed by atoms with Crippen LogP contribution in [0.3, 0.4) is 0 Å². The van der Waals surface area contributed by atoms with E-state index in [2.05, 4.69) is 56.2 Å². The zero-order chi connectivity index (χ0) is 27.3. The molecule has 0 spiro atoms. The van der Waals surface area contributed by atoms with Crippen LogP contribution in [0, 0.1) is 31.6 Å². The van der Waals surface area contributed by atoms with Crippen LogP contribution < -0.4 is 17.0 Å². The summed E-state index contributed by atoms with van der Waals surface area (Å²) in [4.78, 5) is 0. The van der Waals surface area contributed by atoms with E-state index < -0.39 is 6.37 Å². The number of halogens is 2. The summed E-state index contributed by atoms with van der Waals surface area (Å²) in [5.74, 6) is 1.45. The Bertz CT molecular complexity index is 376. The average molecular weight is 648 g/mol. The van der Waals surface area contributed by atoms with Crippen LogP contribution in [0.5, 0.6) is 0 Å². The first kappa shape index (κ1) is 35.6. The van der Waals surface area contributed by atoms with E-state index in [1.165, 1.54) is 56.3 Å². The van der Waals surface area contributed by atoms with Crippen molar-refractivity contribution in [2.24, 2.45) is 11.8 Å². The number of rotatable bonds is 13. The molecule has 1 aliphatic heterocycles. The molecule has 1 aliphatic rings. The summed E-state index contributed by atoms with van der Waals surface area (Å²) in [5, 5.41) is 8.69. The molecule has 0 amide bonds. The summed E-state index contributed by atoms with van der Waals surface area (Å²) in [6.07, 6.45) is 21.1. The van der Waals surface area contributed by atoms with Crippen LogP contribution in [-0.2, 0) is 4.74 Å². The average Bonchev–Trinajstić information content (AvgIpc) is 3.36. The number of ether oxygens (including phenoxy) is 1. The standard InChI is InChI=1S/C10H22O.C9H19I.C4H8O.C2H5.C2H2.BrH.Mg/c1-3-6-10(7-4-2)8-5-9-11;1-3-5-7-9(8-10)6-4-2;1-2-4-5-3-1;2*1-2;;/h10-11H,3-9H2,1-2H3;9H,3-8H2,1-2H3;1-4H2;1H2,2H3;1-2H;1H;/q;;;-1;;;+2/p-1/t;9-;;;;;/m.0...../s1/i3D2;;;1D2;;;/t10-;;;;;;/m0....../s1. The van der Waals surface area contributed by atoms with E-state index in [9.17, 15) is 0 Å². The van der Waals surface area contributed by atoms with Crippen LogP contribution >= 0.6 is 22.6 Å². The SMILES string of the molecule is C#C.C1CCOC1.CCCC[C@@H](CI)CCC.[2H]C([2H])(C)C[C@@H](CCC)CCCO.[2H][C-]([2H])C.[Br-].[Mg+2]. The third kappa shape index (κ3) is 45.0. The molecule has 0 radical (unpaired) electrons. The third-order valence-electron chi connectivity index (χ3n) is 4.67. The Morgan fingerprint density at radius 2 is 1.41 bits per heavy atom. The smallest absolute Gasteiger partial charge is 1.00 e. The predicted molar refractivity (Wildman–Crippen MR) is 153 cm³/mol. The summed E-state index contributed by atoms with van der Waals surface area (Å²) in [5.41, 5.74) is 0. The fourth-order valence-corrected chi connectivity index (χ4v) is 4.02. The van der Waals surface area contributed by atoms with Gasteiger partial charge in [-0.15, -0.1) is 12.8 Å². The van der Waals surface area contributed by atoms with Crippen molar-refractivity contribution in [3.63, 3.8) is 0 Å². The Balaban J connectivity index is -0.0000000864. The van der Waals surface area contributed by atoms with Gasteiger partial charge in [0.1, 0.15) is 0 Å². The normalized spacial score (nSPS) is 15.2. The first-order chi connectivity index (χ1) is 16.1. The van der Waals surface area contributed by atoms with Crippen molar-refractivity contribution in [2.75, 3.05) is 24.2 Å². The molecule has 192 valence electrons. The van der Waals surface area contributed by atoms with Crippen molar-refractivity contribution < 1.29 is 32.3 Å². The van der Waals surface area contributed by atoms with Gasteiger partial charge in [-0.05, 0) is 50.4 Å². The summed E-state index contributed by atoms with van der Waals surface area (Å²) < 4.78 is 33.6. The van der Waals surface area contributed by atoms with Gasteiger partial charge >= 0.3 is 23.1 Å². The van der Waals surface area contributed by atoms with Gasteiger partial charge in [-0.1, -0.05) is 95.2 Å². The van der Waals surface area contributed by atoms with Crippen molar-refractivity contribution in [3.8, 4) is 12.8 Å². The van der Waals surface area contributed by atoms with E-state index in [1.54, 1.807) is 6.92 Å². The maximum Gasteiger partial charge on any atom is 2.00 e. The molecule has 0 aliphatic carbocycles. The Labute approximate surface area is 250 Å². The molecule has 5 heteroatoms.